The molecule has 90 valence electrons. The lowest BCUT2D eigenvalue weighted by atomic mass is 9.93. The molecule has 1 saturated carbocycles. The predicted molar refractivity (Wildman–Crippen MR) is 64.0 cm³/mol. The molecule has 1 aromatic rings. The van der Waals surface area contributed by atoms with E-state index in [9.17, 15) is 5.11 Å². The van der Waals surface area contributed by atoms with Crippen LogP contribution < -0.4 is 0 Å². The van der Waals surface area contributed by atoms with Gasteiger partial charge in [-0.3, -0.25) is 4.68 Å². The third-order valence-electron chi connectivity index (χ3n) is 3.79. The van der Waals surface area contributed by atoms with Gasteiger partial charge >= 0.3 is 0 Å². The highest BCUT2D eigenvalue weighted by Crippen LogP contribution is 2.42. The zero-order chi connectivity index (χ0) is 11.6. The van der Waals surface area contributed by atoms with Crippen LogP contribution in [-0.2, 0) is 12.1 Å². The summed E-state index contributed by atoms with van der Waals surface area (Å²) in [5.41, 5.74) is 0.407. The molecule has 3 heteroatoms. The quantitative estimate of drug-likeness (QED) is 0.850. The van der Waals surface area contributed by atoms with E-state index in [1.54, 1.807) is 0 Å². The van der Waals surface area contributed by atoms with E-state index >= 15 is 0 Å². The smallest absolute Gasteiger partial charge is 0.0929 e. The van der Waals surface area contributed by atoms with Gasteiger partial charge in [0.25, 0.3) is 0 Å². The minimum atomic E-state index is -0.604. The molecular weight excluding hydrogens is 200 g/mol. The summed E-state index contributed by atoms with van der Waals surface area (Å²) in [5, 5.41) is 14.9. The molecule has 2 atom stereocenters. The third kappa shape index (κ3) is 2.14. The Labute approximate surface area is 97.5 Å². The van der Waals surface area contributed by atoms with Crippen LogP contribution in [0.15, 0.2) is 12.4 Å². The average Bonchev–Trinajstić information content (AvgIpc) is 2.86. The normalized spacial score (nSPS) is 29.8. The van der Waals surface area contributed by atoms with Crippen LogP contribution in [0.2, 0.25) is 0 Å². The molecule has 0 aromatic carbocycles. The highest BCUT2D eigenvalue weighted by molar-refractivity contribution is 5.17. The number of aryl methyl sites for hydroxylation is 1. The lowest BCUT2D eigenvalue weighted by Gasteiger charge is -2.21. The molecule has 0 spiro atoms. The molecule has 1 aliphatic carbocycles. The van der Waals surface area contributed by atoms with Crippen molar-refractivity contribution in [1.82, 2.24) is 9.78 Å². The Balaban J connectivity index is 2.10. The van der Waals surface area contributed by atoms with Crippen molar-refractivity contribution in [2.45, 2.75) is 58.1 Å². The van der Waals surface area contributed by atoms with Crippen LogP contribution in [-0.4, -0.2) is 14.9 Å². The van der Waals surface area contributed by atoms with E-state index in [-0.39, 0.29) is 0 Å². The number of nitrogens with zero attached hydrogens (tertiary/aromatic N) is 2. The van der Waals surface area contributed by atoms with Gasteiger partial charge in [-0.05, 0) is 31.6 Å². The maximum Gasteiger partial charge on any atom is 0.0929 e. The Kier molecular flexibility index (Phi) is 3.33. The fourth-order valence-electron chi connectivity index (χ4n) is 2.69. The Bertz CT molecular complexity index is 347. The zero-order valence-corrected chi connectivity index (χ0v) is 10.3. The van der Waals surface area contributed by atoms with E-state index in [0.29, 0.717) is 5.92 Å². The second-order valence-corrected chi connectivity index (χ2v) is 5.04. The van der Waals surface area contributed by atoms with Crippen molar-refractivity contribution in [1.29, 1.82) is 0 Å². The van der Waals surface area contributed by atoms with Gasteiger partial charge in [0.2, 0.25) is 0 Å². The molecular formula is C13H22N2O. The topological polar surface area (TPSA) is 38.0 Å². The molecule has 16 heavy (non-hydrogen) atoms. The Morgan fingerprint density at radius 3 is 3.00 bits per heavy atom. The van der Waals surface area contributed by atoms with Gasteiger partial charge in [-0.1, -0.05) is 20.3 Å². The summed E-state index contributed by atoms with van der Waals surface area (Å²) in [7, 11) is 0. The van der Waals surface area contributed by atoms with E-state index in [4.69, 9.17) is 0 Å². The molecule has 1 heterocycles. The molecule has 0 radical (unpaired) electrons. The molecule has 1 aromatic heterocycles. The molecule has 1 fully saturated rings. The van der Waals surface area contributed by atoms with Gasteiger partial charge in [0.05, 0.1) is 11.8 Å². The SMILES string of the molecule is CCCn1cc(C2(O)CCC(CC)C2)cn1. The molecule has 0 saturated heterocycles. The fraction of sp³-hybridized carbons (Fsp3) is 0.769. The van der Waals surface area contributed by atoms with Crippen molar-refractivity contribution >= 4 is 0 Å². The van der Waals surface area contributed by atoms with Gasteiger partial charge in [-0.2, -0.15) is 5.10 Å². The first-order valence-corrected chi connectivity index (χ1v) is 6.43. The highest BCUT2D eigenvalue weighted by Gasteiger charge is 2.38. The molecule has 1 N–H and O–H groups in total. The van der Waals surface area contributed by atoms with Gasteiger partial charge in [0.1, 0.15) is 0 Å². The van der Waals surface area contributed by atoms with Crippen molar-refractivity contribution < 1.29 is 5.11 Å². The van der Waals surface area contributed by atoms with Crippen molar-refractivity contribution in [3.63, 3.8) is 0 Å². The van der Waals surface area contributed by atoms with Crippen molar-refractivity contribution in [2.75, 3.05) is 0 Å². The van der Waals surface area contributed by atoms with Crippen LogP contribution in [0.5, 0.6) is 0 Å². The maximum absolute atomic E-state index is 10.6. The summed E-state index contributed by atoms with van der Waals surface area (Å²) in [6, 6.07) is 0. The lowest BCUT2D eigenvalue weighted by molar-refractivity contribution is 0.0397. The van der Waals surface area contributed by atoms with E-state index in [0.717, 1.165) is 37.8 Å². The van der Waals surface area contributed by atoms with E-state index in [1.807, 2.05) is 17.1 Å². The largest absolute Gasteiger partial charge is 0.385 e. The number of hydrogen-bond donors (Lipinski definition) is 1. The first kappa shape index (κ1) is 11.6. The minimum absolute atomic E-state index is 0.604. The minimum Gasteiger partial charge on any atom is -0.385 e. The average molecular weight is 222 g/mol. The molecule has 1 aliphatic rings. The van der Waals surface area contributed by atoms with Gasteiger partial charge in [0.15, 0.2) is 0 Å². The standard InChI is InChI=1S/C13H22N2O/c1-3-7-15-10-12(9-14-15)13(16)6-5-11(4-2)8-13/h9-11,16H,3-8H2,1-2H3. The van der Waals surface area contributed by atoms with Crippen LogP contribution in [0.4, 0.5) is 0 Å². The van der Waals surface area contributed by atoms with Crippen LogP contribution in [0.25, 0.3) is 0 Å². The molecule has 3 nitrogen and oxygen atoms in total. The lowest BCUT2D eigenvalue weighted by Crippen LogP contribution is -2.21. The van der Waals surface area contributed by atoms with Crippen LogP contribution >= 0.6 is 0 Å². The molecule has 0 amide bonds. The molecule has 0 bridgehead atoms. The second kappa shape index (κ2) is 4.58. The summed E-state index contributed by atoms with van der Waals surface area (Å²) >= 11 is 0. The maximum atomic E-state index is 10.6. The summed E-state index contributed by atoms with van der Waals surface area (Å²) in [6.45, 7) is 5.28. The summed E-state index contributed by atoms with van der Waals surface area (Å²) in [4.78, 5) is 0. The summed E-state index contributed by atoms with van der Waals surface area (Å²) < 4.78 is 1.94. The predicted octanol–water partition coefficient (Wildman–Crippen LogP) is 2.69. The first-order chi connectivity index (χ1) is 7.68. The fourth-order valence-corrected chi connectivity index (χ4v) is 2.69. The van der Waals surface area contributed by atoms with E-state index < -0.39 is 5.60 Å². The number of rotatable bonds is 4. The Hall–Kier alpha value is -0.830. The van der Waals surface area contributed by atoms with E-state index in [2.05, 4.69) is 18.9 Å². The molecule has 0 aliphatic heterocycles. The van der Waals surface area contributed by atoms with E-state index in [1.165, 1.54) is 6.42 Å². The number of aromatic nitrogens is 2. The third-order valence-corrected chi connectivity index (χ3v) is 3.79. The monoisotopic (exact) mass is 222 g/mol. The van der Waals surface area contributed by atoms with Gasteiger partial charge in [-0.25, -0.2) is 0 Å². The zero-order valence-electron chi connectivity index (χ0n) is 10.3. The van der Waals surface area contributed by atoms with Crippen LogP contribution in [0.1, 0.15) is 51.5 Å². The highest BCUT2D eigenvalue weighted by atomic mass is 16.3. The van der Waals surface area contributed by atoms with Crippen LogP contribution in [0, 0.1) is 5.92 Å². The first-order valence-electron chi connectivity index (χ1n) is 6.43. The second-order valence-electron chi connectivity index (χ2n) is 5.04. The number of hydrogen-bond acceptors (Lipinski definition) is 2. The summed E-state index contributed by atoms with van der Waals surface area (Å²) in [6.07, 6.45) is 9.05. The van der Waals surface area contributed by atoms with Crippen molar-refractivity contribution in [2.24, 2.45) is 5.92 Å². The number of aliphatic hydroxyl groups is 1. The van der Waals surface area contributed by atoms with Crippen LogP contribution in [0.3, 0.4) is 0 Å². The Morgan fingerprint density at radius 1 is 1.56 bits per heavy atom. The summed E-state index contributed by atoms with van der Waals surface area (Å²) in [5.74, 6) is 0.680. The van der Waals surface area contributed by atoms with Gasteiger partial charge < -0.3 is 5.11 Å². The van der Waals surface area contributed by atoms with Gasteiger partial charge in [0, 0.05) is 18.3 Å². The Morgan fingerprint density at radius 2 is 2.38 bits per heavy atom. The van der Waals surface area contributed by atoms with Crippen molar-refractivity contribution in [3.05, 3.63) is 18.0 Å². The van der Waals surface area contributed by atoms with Gasteiger partial charge in [-0.15, -0.1) is 0 Å². The molecule has 2 unspecified atom stereocenters. The van der Waals surface area contributed by atoms with Crippen molar-refractivity contribution in [3.8, 4) is 0 Å². The molecule has 2 rings (SSSR count).